The van der Waals surface area contributed by atoms with Crippen LogP contribution in [0.25, 0.3) is 16.6 Å². The molecule has 30 heavy (non-hydrogen) atoms. The van der Waals surface area contributed by atoms with Gasteiger partial charge < -0.3 is 4.90 Å². The van der Waals surface area contributed by atoms with Gasteiger partial charge in [0.05, 0.1) is 23.7 Å². The quantitative estimate of drug-likeness (QED) is 0.505. The fourth-order valence-electron chi connectivity index (χ4n) is 3.79. The van der Waals surface area contributed by atoms with E-state index >= 15 is 0 Å². The number of aryl methyl sites for hydroxylation is 2. The molecule has 152 valence electrons. The number of para-hydroxylation sites is 1. The monoisotopic (exact) mass is 399 g/mol. The lowest BCUT2D eigenvalue weighted by Crippen LogP contribution is -2.31. The number of hydrogen-bond acceptors (Lipinski definition) is 4. The summed E-state index contributed by atoms with van der Waals surface area (Å²) in [6, 6.07) is 16.1. The Kier molecular flexibility index (Phi) is 5.31. The number of carbonyl (C=O) groups excluding carboxylic acids is 1. The number of nitrogens with zero attached hydrogens (tertiary/aromatic N) is 5. The first-order chi connectivity index (χ1) is 14.5. The van der Waals surface area contributed by atoms with Gasteiger partial charge in [-0.25, -0.2) is 9.67 Å². The van der Waals surface area contributed by atoms with Gasteiger partial charge in [0.2, 0.25) is 5.91 Å². The summed E-state index contributed by atoms with van der Waals surface area (Å²) in [6.07, 6.45) is 3.51. The fourth-order valence-corrected chi connectivity index (χ4v) is 3.79. The van der Waals surface area contributed by atoms with Gasteiger partial charge in [-0.1, -0.05) is 30.3 Å². The van der Waals surface area contributed by atoms with Gasteiger partial charge in [-0.2, -0.15) is 5.10 Å². The average Bonchev–Trinajstić information content (AvgIpc) is 3.30. The van der Waals surface area contributed by atoms with Gasteiger partial charge in [-0.05, 0) is 55.7 Å². The Balaban J connectivity index is 1.53. The van der Waals surface area contributed by atoms with Crippen LogP contribution in [-0.4, -0.2) is 37.6 Å². The first kappa shape index (κ1) is 19.8. The summed E-state index contributed by atoms with van der Waals surface area (Å²) in [5.41, 5.74) is 6.03. The number of carbonyl (C=O) groups is 1. The minimum absolute atomic E-state index is 0.0451. The molecule has 0 aliphatic rings. The summed E-state index contributed by atoms with van der Waals surface area (Å²) in [4.78, 5) is 23.6. The van der Waals surface area contributed by atoms with Crippen LogP contribution in [0, 0.1) is 13.8 Å². The molecular formula is C24H25N5O. The van der Waals surface area contributed by atoms with E-state index in [1.807, 2.05) is 63.4 Å². The van der Waals surface area contributed by atoms with Crippen molar-refractivity contribution < 1.29 is 4.79 Å². The van der Waals surface area contributed by atoms with Gasteiger partial charge in [-0.3, -0.25) is 9.78 Å². The molecule has 1 atom stereocenters. The molecule has 0 aliphatic heterocycles. The highest BCUT2D eigenvalue weighted by Crippen LogP contribution is 2.25. The number of benzene rings is 2. The zero-order chi connectivity index (χ0) is 21.3. The van der Waals surface area contributed by atoms with Crippen molar-refractivity contribution in [2.45, 2.75) is 33.2 Å². The van der Waals surface area contributed by atoms with E-state index in [2.05, 4.69) is 23.1 Å². The molecule has 4 aromatic rings. The Labute approximate surface area is 176 Å². The molecule has 1 amide bonds. The third kappa shape index (κ3) is 3.68. The van der Waals surface area contributed by atoms with Crippen molar-refractivity contribution in [3.63, 3.8) is 0 Å². The maximum atomic E-state index is 13.1. The third-order valence-corrected chi connectivity index (χ3v) is 5.85. The van der Waals surface area contributed by atoms with Gasteiger partial charge in [0.1, 0.15) is 12.7 Å². The number of likely N-dealkylation sites (N-methyl/N-ethyl adjacent to an activating group) is 1. The number of pyridine rings is 1. The van der Waals surface area contributed by atoms with Crippen LogP contribution in [0.3, 0.4) is 0 Å². The minimum atomic E-state index is -0.0451. The molecule has 0 saturated carbocycles. The maximum absolute atomic E-state index is 13.1. The van der Waals surface area contributed by atoms with Crippen molar-refractivity contribution in [1.82, 2.24) is 24.6 Å². The summed E-state index contributed by atoms with van der Waals surface area (Å²) in [5, 5.41) is 5.25. The van der Waals surface area contributed by atoms with Crippen LogP contribution >= 0.6 is 0 Å². The van der Waals surface area contributed by atoms with Crippen LogP contribution in [0.1, 0.15) is 35.3 Å². The number of aromatic nitrogens is 4. The van der Waals surface area contributed by atoms with E-state index in [1.54, 1.807) is 15.9 Å². The zero-order valence-electron chi connectivity index (χ0n) is 17.7. The summed E-state index contributed by atoms with van der Waals surface area (Å²) in [5.74, 6) is 0.0751. The van der Waals surface area contributed by atoms with Crippen molar-refractivity contribution in [1.29, 1.82) is 0 Å². The Bertz CT molecular complexity index is 1180. The topological polar surface area (TPSA) is 63.9 Å². The summed E-state index contributed by atoms with van der Waals surface area (Å²) in [6.45, 7) is 6.10. The van der Waals surface area contributed by atoms with Crippen LogP contribution in [0.15, 0.2) is 61.2 Å². The van der Waals surface area contributed by atoms with E-state index in [0.717, 1.165) is 39.0 Å². The van der Waals surface area contributed by atoms with E-state index in [9.17, 15) is 4.79 Å². The highest BCUT2D eigenvalue weighted by Gasteiger charge is 2.20. The maximum Gasteiger partial charge on any atom is 0.227 e. The normalized spacial score (nSPS) is 12.1. The number of hydrogen-bond donors (Lipinski definition) is 0. The highest BCUT2D eigenvalue weighted by atomic mass is 16.2. The molecule has 0 radical (unpaired) electrons. The van der Waals surface area contributed by atoms with Gasteiger partial charge in [0.15, 0.2) is 0 Å². The van der Waals surface area contributed by atoms with Crippen LogP contribution in [-0.2, 0) is 11.2 Å². The molecule has 0 spiro atoms. The number of rotatable bonds is 5. The second-order valence-electron chi connectivity index (χ2n) is 7.61. The average molecular weight is 399 g/mol. The standard InChI is InChI=1S/C24H25N5O/c1-16-21-7-5-6-8-23(21)27-17(2)22(16)13-24(30)28(4)18(3)19-9-11-20(12-10-19)29-15-25-14-26-29/h5-12,14-15,18H,13H2,1-4H3/t18-/m0/s1. The molecule has 2 aromatic carbocycles. The lowest BCUT2D eigenvalue weighted by atomic mass is 9.98. The molecule has 6 heteroatoms. The first-order valence-corrected chi connectivity index (χ1v) is 10.0. The van der Waals surface area contributed by atoms with E-state index in [1.165, 1.54) is 6.33 Å². The molecule has 0 unspecified atom stereocenters. The number of fused-ring (bicyclic) bond motifs is 1. The van der Waals surface area contributed by atoms with Crippen molar-refractivity contribution in [2.24, 2.45) is 0 Å². The van der Waals surface area contributed by atoms with Gasteiger partial charge >= 0.3 is 0 Å². The van der Waals surface area contributed by atoms with E-state index in [0.29, 0.717) is 6.42 Å². The van der Waals surface area contributed by atoms with E-state index in [-0.39, 0.29) is 11.9 Å². The smallest absolute Gasteiger partial charge is 0.227 e. The van der Waals surface area contributed by atoms with Crippen LogP contribution in [0.4, 0.5) is 0 Å². The molecule has 0 fully saturated rings. The predicted octanol–water partition coefficient (Wildman–Crippen LogP) is 4.19. The van der Waals surface area contributed by atoms with Gasteiger partial charge in [-0.15, -0.1) is 0 Å². The van der Waals surface area contributed by atoms with Gasteiger partial charge in [0.25, 0.3) is 0 Å². The Morgan fingerprint density at radius 3 is 2.53 bits per heavy atom. The van der Waals surface area contributed by atoms with Crippen LogP contribution in [0.5, 0.6) is 0 Å². The predicted molar refractivity (Wildman–Crippen MR) is 117 cm³/mol. The second kappa shape index (κ2) is 8.06. The molecular weight excluding hydrogens is 374 g/mol. The molecule has 6 nitrogen and oxygen atoms in total. The highest BCUT2D eigenvalue weighted by molar-refractivity contribution is 5.86. The molecule has 2 aromatic heterocycles. The molecule has 4 rings (SSSR count). The summed E-state index contributed by atoms with van der Waals surface area (Å²) >= 11 is 0. The summed E-state index contributed by atoms with van der Waals surface area (Å²) < 4.78 is 1.71. The van der Waals surface area contributed by atoms with Crippen molar-refractivity contribution in [3.8, 4) is 5.69 Å². The fraction of sp³-hybridized carbons (Fsp3) is 0.250. The Morgan fingerprint density at radius 2 is 1.83 bits per heavy atom. The third-order valence-electron chi connectivity index (χ3n) is 5.85. The van der Waals surface area contributed by atoms with Gasteiger partial charge in [0, 0.05) is 18.1 Å². The van der Waals surface area contributed by atoms with E-state index < -0.39 is 0 Å². The van der Waals surface area contributed by atoms with Crippen molar-refractivity contribution in [2.75, 3.05) is 7.05 Å². The number of amides is 1. The Hall–Kier alpha value is -3.54. The lowest BCUT2D eigenvalue weighted by molar-refractivity contribution is -0.131. The van der Waals surface area contributed by atoms with E-state index in [4.69, 9.17) is 4.98 Å². The minimum Gasteiger partial charge on any atom is -0.339 e. The zero-order valence-corrected chi connectivity index (χ0v) is 17.7. The molecule has 2 heterocycles. The molecule has 0 N–H and O–H groups in total. The molecule has 0 saturated heterocycles. The van der Waals surface area contributed by atoms with Crippen LogP contribution < -0.4 is 0 Å². The molecule has 0 aliphatic carbocycles. The Morgan fingerprint density at radius 1 is 1.10 bits per heavy atom. The van der Waals surface area contributed by atoms with Crippen molar-refractivity contribution >= 4 is 16.8 Å². The largest absolute Gasteiger partial charge is 0.339 e. The first-order valence-electron chi connectivity index (χ1n) is 10.0. The van der Waals surface area contributed by atoms with Crippen LogP contribution in [0.2, 0.25) is 0 Å². The second-order valence-corrected chi connectivity index (χ2v) is 7.61. The van der Waals surface area contributed by atoms with Crippen molar-refractivity contribution in [3.05, 3.63) is 83.6 Å². The SMILES string of the molecule is Cc1nc2ccccc2c(C)c1CC(=O)N(C)[C@@H](C)c1ccc(-n2cncn2)cc1. The lowest BCUT2D eigenvalue weighted by Gasteiger charge is -2.26. The molecule has 0 bridgehead atoms. The summed E-state index contributed by atoms with van der Waals surface area (Å²) in [7, 11) is 1.86.